The molecule has 0 spiro atoms. The lowest BCUT2D eigenvalue weighted by Crippen LogP contribution is -2.43. The van der Waals surface area contributed by atoms with Crippen molar-refractivity contribution >= 4 is 17.9 Å². The maximum absolute atomic E-state index is 13.8. The number of nitrogens with zero attached hydrogens (tertiary/aromatic N) is 4. The van der Waals surface area contributed by atoms with Gasteiger partial charge >= 0.3 is 0 Å². The fraction of sp³-hybridized carbons (Fsp3) is 0.200. The van der Waals surface area contributed by atoms with Crippen LogP contribution < -0.4 is 4.74 Å². The summed E-state index contributed by atoms with van der Waals surface area (Å²) in [5, 5.41) is 14.8. The molecule has 3 aromatic carbocycles. The van der Waals surface area contributed by atoms with Gasteiger partial charge in [0, 0.05) is 29.4 Å². The van der Waals surface area contributed by atoms with Gasteiger partial charge in [-0.1, -0.05) is 48.5 Å². The Morgan fingerprint density at radius 1 is 0.952 bits per heavy atom. The van der Waals surface area contributed by atoms with Crippen LogP contribution in [0.4, 0.5) is 0 Å². The second-order valence-corrected chi connectivity index (χ2v) is 10.5. The molecule has 0 saturated carbocycles. The smallest absolute Gasteiger partial charge is 0.271 e. The molecule has 4 aromatic rings. The molecule has 0 radical (unpaired) electrons. The van der Waals surface area contributed by atoms with Crippen molar-refractivity contribution in [1.82, 2.24) is 14.7 Å². The maximum Gasteiger partial charge on any atom is 0.271 e. The summed E-state index contributed by atoms with van der Waals surface area (Å²) in [5.74, 6) is -0.228. The van der Waals surface area contributed by atoms with Gasteiger partial charge in [-0.25, -0.2) is 4.68 Å². The third-order valence-corrected chi connectivity index (χ3v) is 7.18. The molecule has 1 aliphatic rings. The number of rotatable bonds is 8. The van der Waals surface area contributed by atoms with Crippen LogP contribution in [0.3, 0.4) is 0 Å². The van der Waals surface area contributed by atoms with Gasteiger partial charge in [0.05, 0.1) is 11.8 Å². The van der Waals surface area contributed by atoms with Gasteiger partial charge < -0.3 is 4.74 Å². The van der Waals surface area contributed by atoms with Crippen molar-refractivity contribution in [1.29, 1.82) is 5.26 Å². The molecule has 5 rings (SSSR count). The summed E-state index contributed by atoms with van der Waals surface area (Å²) in [7, 11) is 0. The fourth-order valence-electron chi connectivity index (χ4n) is 5.04. The number of ether oxygens (including phenoxy) is 1. The number of benzene rings is 3. The number of aryl methyl sites for hydroxylation is 1. The molecule has 0 N–H and O–H groups in total. The first-order valence-electron chi connectivity index (χ1n) is 13.9. The minimum atomic E-state index is -0.565. The maximum atomic E-state index is 13.8. The molecule has 7 nitrogen and oxygen atoms in total. The molecular weight excluding hydrogens is 524 g/mol. The summed E-state index contributed by atoms with van der Waals surface area (Å²) in [6.45, 7) is 7.78. The Kier molecular flexibility index (Phi) is 8.16. The third kappa shape index (κ3) is 5.79. The van der Waals surface area contributed by atoms with Crippen molar-refractivity contribution in [3.05, 3.63) is 118 Å². The van der Waals surface area contributed by atoms with E-state index in [0.717, 1.165) is 28.1 Å². The molecule has 0 atom stereocenters. The number of amides is 2. The van der Waals surface area contributed by atoms with Crippen molar-refractivity contribution in [2.75, 3.05) is 6.54 Å². The Labute approximate surface area is 246 Å². The van der Waals surface area contributed by atoms with E-state index in [-0.39, 0.29) is 18.2 Å². The highest BCUT2D eigenvalue weighted by molar-refractivity contribution is 6.19. The number of carbonyl (C=O) groups excluding carboxylic acids is 2. The van der Waals surface area contributed by atoms with E-state index in [9.17, 15) is 14.9 Å². The van der Waals surface area contributed by atoms with E-state index in [2.05, 4.69) is 0 Å². The highest BCUT2D eigenvalue weighted by Crippen LogP contribution is 2.33. The highest BCUT2D eigenvalue weighted by Gasteiger charge is 2.35. The van der Waals surface area contributed by atoms with E-state index in [0.29, 0.717) is 28.8 Å². The predicted molar refractivity (Wildman–Crippen MR) is 163 cm³/mol. The standard InChI is InChI=1S/C35H32N4O3/c1-23(2)42-29-15-16-30(24(3)19-29)33-27(22-39(37-33)28-13-9-6-10-14-28)20-31-25(4)32(21-36)35(41)38(34(31)40)18-17-26-11-7-5-8-12-26/h5-16,19-20,22-23H,17-18H2,1-4H3/b31-20+. The Hall–Kier alpha value is -5.22. The number of carbonyl (C=O) groups is 2. The number of para-hydroxylation sites is 1. The minimum absolute atomic E-state index is 0.0303. The van der Waals surface area contributed by atoms with Crippen LogP contribution in [0.1, 0.15) is 37.5 Å². The SMILES string of the molecule is CC1=C(C#N)C(=O)N(CCc2ccccc2)C(=O)/C1=C/c1cn(-c2ccccc2)nc1-c1ccc(OC(C)C)cc1C. The van der Waals surface area contributed by atoms with Crippen LogP contribution >= 0.6 is 0 Å². The van der Waals surface area contributed by atoms with Gasteiger partial charge in [-0.3, -0.25) is 14.5 Å². The van der Waals surface area contributed by atoms with Crippen molar-refractivity contribution in [3.63, 3.8) is 0 Å². The van der Waals surface area contributed by atoms with E-state index in [1.165, 1.54) is 4.90 Å². The summed E-state index contributed by atoms with van der Waals surface area (Å²) in [6.07, 6.45) is 4.15. The molecule has 210 valence electrons. The summed E-state index contributed by atoms with van der Waals surface area (Å²) in [4.78, 5) is 28.2. The lowest BCUT2D eigenvalue weighted by molar-refractivity contribution is -0.140. The monoisotopic (exact) mass is 556 g/mol. The van der Waals surface area contributed by atoms with Crippen LogP contribution in [-0.2, 0) is 16.0 Å². The molecule has 2 heterocycles. The predicted octanol–water partition coefficient (Wildman–Crippen LogP) is 6.47. The van der Waals surface area contributed by atoms with Crippen molar-refractivity contribution in [2.24, 2.45) is 0 Å². The zero-order valence-corrected chi connectivity index (χ0v) is 24.2. The lowest BCUT2D eigenvalue weighted by Gasteiger charge is -2.27. The largest absolute Gasteiger partial charge is 0.491 e. The number of hydrogen-bond donors (Lipinski definition) is 0. The molecule has 0 bridgehead atoms. The van der Waals surface area contributed by atoms with Crippen LogP contribution in [-0.4, -0.2) is 39.1 Å². The van der Waals surface area contributed by atoms with Gasteiger partial charge in [0.2, 0.25) is 0 Å². The van der Waals surface area contributed by atoms with E-state index in [1.807, 2.05) is 112 Å². The van der Waals surface area contributed by atoms with Crippen LogP contribution in [0.15, 0.2) is 102 Å². The zero-order chi connectivity index (χ0) is 29.8. The van der Waals surface area contributed by atoms with E-state index < -0.39 is 11.8 Å². The average molecular weight is 557 g/mol. The van der Waals surface area contributed by atoms with Gasteiger partial charge in [-0.15, -0.1) is 0 Å². The number of aromatic nitrogens is 2. The molecule has 7 heteroatoms. The first-order chi connectivity index (χ1) is 20.3. The van der Waals surface area contributed by atoms with Crippen molar-refractivity contribution in [2.45, 2.75) is 40.2 Å². The molecule has 0 saturated heterocycles. The minimum Gasteiger partial charge on any atom is -0.491 e. The molecule has 0 aliphatic carbocycles. The molecular formula is C35H32N4O3. The molecule has 1 aliphatic heterocycles. The second kappa shape index (κ2) is 12.1. The van der Waals surface area contributed by atoms with Crippen LogP contribution in [0, 0.1) is 18.3 Å². The first kappa shape index (κ1) is 28.3. The Morgan fingerprint density at radius 2 is 1.64 bits per heavy atom. The second-order valence-electron chi connectivity index (χ2n) is 10.5. The van der Waals surface area contributed by atoms with Crippen molar-refractivity contribution in [3.8, 4) is 28.8 Å². The average Bonchev–Trinajstić information content (AvgIpc) is 3.40. The summed E-state index contributed by atoms with van der Waals surface area (Å²) >= 11 is 0. The van der Waals surface area contributed by atoms with E-state index in [4.69, 9.17) is 9.84 Å². The van der Waals surface area contributed by atoms with Gasteiger partial charge in [-0.05, 0) is 87.2 Å². The summed E-state index contributed by atoms with van der Waals surface area (Å²) < 4.78 is 7.66. The van der Waals surface area contributed by atoms with Crippen LogP contribution in [0.2, 0.25) is 0 Å². The summed E-state index contributed by atoms with van der Waals surface area (Å²) in [6, 6.07) is 27.3. The number of nitriles is 1. The normalized spacial score (nSPS) is 14.6. The van der Waals surface area contributed by atoms with E-state index >= 15 is 0 Å². The zero-order valence-electron chi connectivity index (χ0n) is 24.2. The first-order valence-corrected chi connectivity index (χ1v) is 13.9. The third-order valence-electron chi connectivity index (χ3n) is 7.18. The number of imide groups is 1. The Morgan fingerprint density at radius 3 is 2.29 bits per heavy atom. The van der Waals surface area contributed by atoms with Crippen LogP contribution in [0.5, 0.6) is 5.75 Å². The molecule has 0 fully saturated rings. The fourth-order valence-corrected chi connectivity index (χ4v) is 5.04. The van der Waals surface area contributed by atoms with Gasteiger partial charge in [0.25, 0.3) is 11.8 Å². The van der Waals surface area contributed by atoms with E-state index in [1.54, 1.807) is 17.7 Å². The molecule has 2 amide bonds. The Balaban J connectivity index is 1.61. The molecule has 42 heavy (non-hydrogen) atoms. The van der Waals surface area contributed by atoms with Gasteiger partial charge in [-0.2, -0.15) is 10.4 Å². The molecule has 1 aromatic heterocycles. The lowest BCUT2D eigenvalue weighted by atomic mass is 9.92. The Bertz CT molecular complexity index is 1740. The number of hydrogen-bond acceptors (Lipinski definition) is 5. The molecule has 0 unspecified atom stereocenters. The van der Waals surface area contributed by atoms with Crippen LogP contribution in [0.25, 0.3) is 23.0 Å². The topological polar surface area (TPSA) is 88.2 Å². The highest BCUT2D eigenvalue weighted by atomic mass is 16.5. The van der Waals surface area contributed by atoms with Crippen molar-refractivity contribution < 1.29 is 14.3 Å². The quantitative estimate of drug-likeness (QED) is 0.183. The van der Waals surface area contributed by atoms with Gasteiger partial charge in [0.1, 0.15) is 23.1 Å². The summed E-state index contributed by atoms with van der Waals surface area (Å²) in [5.41, 5.74) is 5.70. The van der Waals surface area contributed by atoms with Gasteiger partial charge in [0.15, 0.2) is 0 Å².